The van der Waals surface area contributed by atoms with Crippen molar-refractivity contribution in [2.75, 3.05) is 32.8 Å². The van der Waals surface area contributed by atoms with Crippen LogP contribution in [0.5, 0.6) is 0 Å². The predicted molar refractivity (Wildman–Crippen MR) is 120 cm³/mol. The number of hydrogen-bond donors (Lipinski definition) is 0. The van der Waals surface area contributed by atoms with Crippen molar-refractivity contribution >= 4 is 32.9 Å². The van der Waals surface area contributed by atoms with Crippen molar-refractivity contribution in [3.05, 3.63) is 63.6 Å². The van der Waals surface area contributed by atoms with E-state index in [4.69, 9.17) is 9.72 Å². The summed E-state index contributed by atoms with van der Waals surface area (Å²) in [5.41, 5.74) is 2.98. The summed E-state index contributed by atoms with van der Waals surface area (Å²) in [4.78, 5) is 21.6. The molecule has 0 atom stereocenters. The van der Waals surface area contributed by atoms with Crippen LogP contribution in [-0.4, -0.2) is 47.3 Å². The second-order valence-electron chi connectivity index (χ2n) is 7.04. The molecule has 7 heteroatoms. The number of thiophene rings is 2. The molecule has 29 heavy (non-hydrogen) atoms. The van der Waals surface area contributed by atoms with Crippen molar-refractivity contribution in [1.29, 1.82) is 0 Å². The van der Waals surface area contributed by atoms with Crippen molar-refractivity contribution in [2.24, 2.45) is 0 Å². The van der Waals surface area contributed by atoms with Gasteiger partial charge < -0.3 is 4.74 Å². The van der Waals surface area contributed by atoms with Crippen LogP contribution in [0.25, 0.3) is 32.0 Å². The molecule has 3 aromatic heterocycles. The quantitative estimate of drug-likeness (QED) is 0.483. The van der Waals surface area contributed by atoms with Crippen LogP contribution in [0.4, 0.5) is 0 Å². The van der Waals surface area contributed by atoms with E-state index in [1.807, 2.05) is 16.0 Å². The first kappa shape index (κ1) is 18.7. The van der Waals surface area contributed by atoms with Crippen LogP contribution in [0.3, 0.4) is 0 Å². The second kappa shape index (κ2) is 8.20. The lowest BCUT2D eigenvalue weighted by molar-refractivity contribution is 0.0363. The number of nitrogens with zero attached hydrogens (tertiary/aromatic N) is 3. The Morgan fingerprint density at radius 1 is 0.931 bits per heavy atom. The Kier molecular flexibility index (Phi) is 5.28. The van der Waals surface area contributed by atoms with Crippen LogP contribution >= 0.6 is 22.7 Å². The summed E-state index contributed by atoms with van der Waals surface area (Å²) in [6.07, 6.45) is 0. The average molecular weight is 424 g/mol. The number of rotatable bonds is 5. The Labute approximate surface area is 176 Å². The molecule has 0 spiro atoms. The Morgan fingerprint density at radius 3 is 2.48 bits per heavy atom. The highest BCUT2D eigenvalue weighted by Crippen LogP contribution is 2.28. The Balaban J connectivity index is 1.52. The van der Waals surface area contributed by atoms with Crippen LogP contribution in [0.15, 0.2) is 58.0 Å². The number of aromatic nitrogens is 2. The summed E-state index contributed by atoms with van der Waals surface area (Å²) in [6, 6.07) is 14.5. The molecule has 0 amide bonds. The molecule has 1 saturated heterocycles. The molecule has 1 aliphatic rings. The fourth-order valence-electron chi connectivity index (χ4n) is 3.66. The molecule has 0 bridgehead atoms. The van der Waals surface area contributed by atoms with Gasteiger partial charge in [0.15, 0.2) is 0 Å². The summed E-state index contributed by atoms with van der Waals surface area (Å²) in [6.45, 7) is 4.79. The minimum absolute atomic E-state index is 0.0515. The van der Waals surface area contributed by atoms with E-state index >= 15 is 0 Å². The van der Waals surface area contributed by atoms with E-state index in [2.05, 4.69) is 46.7 Å². The highest BCUT2D eigenvalue weighted by molar-refractivity contribution is 7.17. The van der Waals surface area contributed by atoms with Crippen molar-refractivity contribution < 1.29 is 4.74 Å². The number of ether oxygens (including phenoxy) is 1. The summed E-state index contributed by atoms with van der Waals surface area (Å²) in [5, 5.41) is 4.02. The lowest BCUT2D eigenvalue weighted by Crippen LogP contribution is -2.39. The minimum Gasteiger partial charge on any atom is -0.379 e. The smallest absolute Gasteiger partial charge is 0.271 e. The number of morpholine rings is 1. The highest BCUT2D eigenvalue weighted by Gasteiger charge is 2.16. The highest BCUT2D eigenvalue weighted by atomic mass is 32.1. The third-order valence-corrected chi connectivity index (χ3v) is 7.07. The second-order valence-corrected chi connectivity index (χ2v) is 8.90. The van der Waals surface area contributed by atoms with Crippen LogP contribution in [0.1, 0.15) is 0 Å². The Bertz CT molecular complexity index is 1160. The molecule has 1 fully saturated rings. The summed E-state index contributed by atoms with van der Waals surface area (Å²) < 4.78 is 8.01. The van der Waals surface area contributed by atoms with Gasteiger partial charge in [0, 0.05) is 36.6 Å². The molecule has 0 N–H and O–H groups in total. The Morgan fingerprint density at radius 2 is 1.72 bits per heavy atom. The maximum Gasteiger partial charge on any atom is 0.271 e. The summed E-state index contributed by atoms with van der Waals surface area (Å²) >= 11 is 3.19. The molecule has 0 unspecified atom stereocenters. The zero-order valence-corrected chi connectivity index (χ0v) is 17.5. The topological polar surface area (TPSA) is 47.4 Å². The van der Waals surface area contributed by atoms with Gasteiger partial charge in [-0.25, -0.2) is 4.98 Å². The zero-order chi connectivity index (χ0) is 19.6. The van der Waals surface area contributed by atoms with E-state index in [0.29, 0.717) is 6.54 Å². The van der Waals surface area contributed by atoms with Gasteiger partial charge in [-0.1, -0.05) is 30.3 Å². The van der Waals surface area contributed by atoms with Crippen molar-refractivity contribution in [1.82, 2.24) is 14.5 Å². The summed E-state index contributed by atoms with van der Waals surface area (Å²) in [7, 11) is 0. The zero-order valence-electron chi connectivity index (χ0n) is 15.9. The standard InChI is InChI=1S/C22H21N3O2S2/c26-22-20-18(7-15-29-20)23-21(25(22)9-8-24-10-12-27-13-11-24)17-5-3-16(4-6-17)19-2-1-14-28-19/h1-7,14-15H,8-13H2. The predicted octanol–water partition coefficient (Wildman–Crippen LogP) is 4.19. The van der Waals surface area contributed by atoms with Gasteiger partial charge in [-0.2, -0.15) is 0 Å². The first-order valence-corrected chi connectivity index (χ1v) is 11.5. The van der Waals surface area contributed by atoms with E-state index in [9.17, 15) is 4.79 Å². The first-order chi connectivity index (χ1) is 14.3. The van der Waals surface area contributed by atoms with Gasteiger partial charge in [-0.15, -0.1) is 22.7 Å². The Hall–Kier alpha value is -2.32. The maximum absolute atomic E-state index is 13.2. The van der Waals surface area contributed by atoms with E-state index < -0.39 is 0 Å². The monoisotopic (exact) mass is 423 g/mol. The number of benzene rings is 1. The van der Waals surface area contributed by atoms with Crippen LogP contribution < -0.4 is 5.56 Å². The molecular weight excluding hydrogens is 402 g/mol. The lowest BCUT2D eigenvalue weighted by atomic mass is 10.1. The average Bonchev–Trinajstić information content (AvgIpc) is 3.46. The van der Waals surface area contributed by atoms with Crippen LogP contribution in [0, 0.1) is 0 Å². The number of hydrogen-bond acceptors (Lipinski definition) is 6. The van der Waals surface area contributed by atoms with Gasteiger partial charge in [-0.05, 0) is 28.5 Å². The molecule has 4 heterocycles. The first-order valence-electron chi connectivity index (χ1n) is 9.72. The van der Waals surface area contributed by atoms with Crippen LogP contribution in [0.2, 0.25) is 0 Å². The lowest BCUT2D eigenvalue weighted by Gasteiger charge is -2.27. The van der Waals surface area contributed by atoms with E-state index in [1.54, 1.807) is 11.3 Å². The third-order valence-electron chi connectivity index (χ3n) is 5.26. The molecule has 1 aromatic carbocycles. The van der Waals surface area contributed by atoms with E-state index in [-0.39, 0.29) is 5.56 Å². The van der Waals surface area contributed by atoms with Gasteiger partial charge >= 0.3 is 0 Å². The van der Waals surface area contributed by atoms with Crippen molar-refractivity contribution in [3.63, 3.8) is 0 Å². The molecule has 148 valence electrons. The fraction of sp³-hybridized carbons (Fsp3) is 0.273. The maximum atomic E-state index is 13.2. The van der Waals surface area contributed by atoms with Crippen LogP contribution in [-0.2, 0) is 11.3 Å². The molecule has 5 nitrogen and oxygen atoms in total. The molecular formula is C22H21N3O2S2. The molecule has 0 aliphatic carbocycles. The normalized spacial score (nSPS) is 15.2. The van der Waals surface area contributed by atoms with Gasteiger partial charge in [0.2, 0.25) is 0 Å². The van der Waals surface area contributed by atoms with Gasteiger partial charge in [-0.3, -0.25) is 14.3 Å². The van der Waals surface area contributed by atoms with E-state index in [0.717, 1.165) is 54.5 Å². The molecule has 5 rings (SSSR count). The van der Waals surface area contributed by atoms with Crippen molar-refractivity contribution in [2.45, 2.75) is 6.54 Å². The fourth-order valence-corrected chi connectivity index (χ4v) is 5.18. The van der Waals surface area contributed by atoms with Crippen molar-refractivity contribution in [3.8, 4) is 21.8 Å². The van der Waals surface area contributed by atoms with Gasteiger partial charge in [0.05, 0.1) is 18.7 Å². The van der Waals surface area contributed by atoms with Gasteiger partial charge in [0.1, 0.15) is 10.5 Å². The minimum atomic E-state index is 0.0515. The van der Waals surface area contributed by atoms with Gasteiger partial charge in [0.25, 0.3) is 5.56 Å². The SMILES string of the molecule is O=c1c2sccc2nc(-c2ccc(-c3cccs3)cc2)n1CCN1CCOCC1. The molecule has 1 aliphatic heterocycles. The molecule has 0 radical (unpaired) electrons. The number of fused-ring (bicyclic) bond motifs is 1. The third kappa shape index (κ3) is 3.79. The molecule has 4 aromatic rings. The van der Waals surface area contributed by atoms with E-state index in [1.165, 1.54) is 21.8 Å². The largest absolute Gasteiger partial charge is 0.379 e. The summed E-state index contributed by atoms with van der Waals surface area (Å²) in [5.74, 6) is 0.742. The molecule has 0 saturated carbocycles.